The topological polar surface area (TPSA) is 95.4 Å². The van der Waals surface area contributed by atoms with Crippen LogP contribution in [0.2, 0.25) is 0 Å². The molecule has 0 amide bonds. The van der Waals surface area contributed by atoms with Crippen molar-refractivity contribution in [3.8, 4) is 5.75 Å². The molecule has 0 spiro atoms. The molecule has 0 radical (unpaired) electrons. The van der Waals surface area contributed by atoms with Gasteiger partial charge in [0.25, 0.3) is 5.56 Å². The molecule has 0 saturated carbocycles. The lowest BCUT2D eigenvalue weighted by Gasteiger charge is -2.07. The molecule has 2 heterocycles. The number of hydrazone groups is 1. The van der Waals surface area contributed by atoms with E-state index in [0.717, 1.165) is 21.6 Å². The first-order valence-electron chi connectivity index (χ1n) is 8.50. The Morgan fingerprint density at radius 3 is 2.44 bits per heavy atom. The van der Waals surface area contributed by atoms with Gasteiger partial charge >= 0.3 is 5.69 Å². The van der Waals surface area contributed by atoms with Gasteiger partial charge in [-0.25, -0.2) is 10.2 Å². The van der Waals surface area contributed by atoms with Crippen molar-refractivity contribution >= 4 is 22.8 Å². The molecular formula is C18H22N6O3. The molecule has 0 atom stereocenters. The molecule has 0 unspecified atom stereocenters. The highest BCUT2D eigenvalue weighted by Crippen LogP contribution is 2.16. The fraction of sp³-hybridized carbons (Fsp3) is 0.333. The standard InChI is InChI=1S/C18H22N6O3/c1-6-24-14-15(22(3)18(26)23(4)16(14)25)19-17(24)21-20-11(2)12-7-9-13(27-5)10-8-12/h7-10H,6H2,1-5H3,(H,19,21)/b20-11-. The van der Waals surface area contributed by atoms with Crippen LogP contribution in [-0.4, -0.2) is 31.5 Å². The van der Waals surface area contributed by atoms with Crippen LogP contribution < -0.4 is 21.4 Å². The van der Waals surface area contributed by atoms with Gasteiger partial charge in [-0.3, -0.25) is 13.9 Å². The Balaban J connectivity index is 2.04. The minimum absolute atomic E-state index is 0.324. The highest BCUT2D eigenvalue weighted by molar-refractivity contribution is 5.99. The zero-order valence-electron chi connectivity index (χ0n) is 16.0. The summed E-state index contributed by atoms with van der Waals surface area (Å²) in [6.45, 7) is 4.27. The summed E-state index contributed by atoms with van der Waals surface area (Å²) in [7, 11) is 4.66. The van der Waals surface area contributed by atoms with E-state index in [9.17, 15) is 9.59 Å². The Labute approximate surface area is 155 Å². The van der Waals surface area contributed by atoms with E-state index in [4.69, 9.17) is 4.74 Å². The second kappa shape index (κ2) is 7.10. The third kappa shape index (κ3) is 3.12. The van der Waals surface area contributed by atoms with E-state index in [2.05, 4.69) is 15.5 Å². The predicted octanol–water partition coefficient (Wildman–Crippen LogP) is 1.30. The van der Waals surface area contributed by atoms with Gasteiger partial charge in [0.2, 0.25) is 5.95 Å². The number of aryl methyl sites for hydroxylation is 2. The average Bonchev–Trinajstić information content (AvgIpc) is 3.07. The smallest absolute Gasteiger partial charge is 0.332 e. The molecule has 3 rings (SSSR count). The zero-order chi connectivity index (χ0) is 19.7. The van der Waals surface area contributed by atoms with E-state index in [1.165, 1.54) is 11.6 Å². The van der Waals surface area contributed by atoms with E-state index in [0.29, 0.717) is 23.7 Å². The Kier molecular flexibility index (Phi) is 4.85. The van der Waals surface area contributed by atoms with Crippen LogP contribution in [-0.2, 0) is 20.6 Å². The summed E-state index contributed by atoms with van der Waals surface area (Å²) in [6.07, 6.45) is 0. The van der Waals surface area contributed by atoms with Gasteiger partial charge in [0, 0.05) is 20.6 Å². The van der Waals surface area contributed by atoms with Gasteiger partial charge < -0.3 is 9.30 Å². The fourth-order valence-electron chi connectivity index (χ4n) is 2.87. The molecule has 1 N–H and O–H groups in total. The minimum atomic E-state index is -0.419. The number of hydrogen-bond acceptors (Lipinski definition) is 6. The number of anilines is 1. The lowest BCUT2D eigenvalue weighted by Crippen LogP contribution is -2.37. The molecule has 142 valence electrons. The van der Waals surface area contributed by atoms with Gasteiger partial charge in [0.05, 0.1) is 12.8 Å². The second-order valence-electron chi connectivity index (χ2n) is 6.10. The molecule has 0 aliphatic carbocycles. The van der Waals surface area contributed by atoms with Gasteiger partial charge in [-0.2, -0.15) is 10.1 Å². The maximum absolute atomic E-state index is 12.5. The van der Waals surface area contributed by atoms with Gasteiger partial charge in [0.1, 0.15) is 5.75 Å². The summed E-state index contributed by atoms with van der Waals surface area (Å²) in [5.41, 5.74) is 4.47. The minimum Gasteiger partial charge on any atom is -0.497 e. The van der Waals surface area contributed by atoms with Crippen molar-refractivity contribution in [1.82, 2.24) is 18.7 Å². The van der Waals surface area contributed by atoms with Crippen molar-refractivity contribution in [2.45, 2.75) is 20.4 Å². The first kappa shape index (κ1) is 18.4. The Bertz CT molecular complexity index is 1140. The number of methoxy groups -OCH3 is 1. The summed E-state index contributed by atoms with van der Waals surface area (Å²) in [6, 6.07) is 7.52. The number of aromatic nitrogens is 4. The molecule has 2 aromatic heterocycles. The third-order valence-electron chi connectivity index (χ3n) is 4.50. The predicted molar refractivity (Wildman–Crippen MR) is 105 cm³/mol. The Hall–Kier alpha value is -3.36. The molecule has 0 aliphatic rings. The quantitative estimate of drug-likeness (QED) is 0.539. The lowest BCUT2D eigenvalue weighted by atomic mass is 10.1. The van der Waals surface area contributed by atoms with E-state index < -0.39 is 5.69 Å². The molecule has 3 aromatic rings. The monoisotopic (exact) mass is 370 g/mol. The molecule has 9 nitrogen and oxygen atoms in total. The number of hydrogen-bond donors (Lipinski definition) is 1. The number of benzene rings is 1. The number of imidazole rings is 1. The number of nitrogens with zero attached hydrogens (tertiary/aromatic N) is 5. The average molecular weight is 370 g/mol. The summed E-state index contributed by atoms with van der Waals surface area (Å²) >= 11 is 0. The van der Waals surface area contributed by atoms with Gasteiger partial charge in [-0.05, 0) is 43.7 Å². The third-order valence-corrected chi connectivity index (χ3v) is 4.50. The number of fused-ring (bicyclic) bond motifs is 1. The van der Waals surface area contributed by atoms with Gasteiger partial charge in [-0.1, -0.05) is 0 Å². The normalized spacial score (nSPS) is 11.8. The number of nitrogens with one attached hydrogen (secondary N) is 1. The summed E-state index contributed by atoms with van der Waals surface area (Å²) in [5.74, 6) is 1.17. The van der Waals surface area contributed by atoms with Crippen LogP contribution in [0.4, 0.5) is 5.95 Å². The SMILES string of the molecule is CCn1c(N/N=C(/C)c2ccc(OC)cc2)nc2c1c(=O)n(C)c(=O)n2C. The molecule has 27 heavy (non-hydrogen) atoms. The van der Waals surface area contributed by atoms with Crippen LogP contribution in [0, 0.1) is 0 Å². The molecule has 1 aromatic carbocycles. The molecule has 0 bridgehead atoms. The van der Waals surface area contributed by atoms with Crippen molar-refractivity contribution in [2.75, 3.05) is 12.5 Å². The molecular weight excluding hydrogens is 348 g/mol. The molecule has 0 fully saturated rings. The molecule has 0 aliphatic heterocycles. The largest absolute Gasteiger partial charge is 0.497 e. The first-order valence-corrected chi connectivity index (χ1v) is 8.50. The second-order valence-corrected chi connectivity index (χ2v) is 6.10. The van der Waals surface area contributed by atoms with Crippen molar-refractivity contribution in [3.05, 3.63) is 50.7 Å². The van der Waals surface area contributed by atoms with Crippen LogP contribution in [0.5, 0.6) is 5.75 Å². The van der Waals surface area contributed by atoms with Crippen LogP contribution in [0.25, 0.3) is 11.2 Å². The summed E-state index contributed by atoms with van der Waals surface area (Å²) < 4.78 is 9.30. The Morgan fingerprint density at radius 1 is 1.19 bits per heavy atom. The maximum atomic E-state index is 12.5. The number of ether oxygens (including phenoxy) is 1. The van der Waals surface area contributed by atoms with E-state index in [-0.39, 0.29) is 5.56 Å². The van der Waals surface area contributed by atoms with E-state index in [1.54, 1.807) is 18.7 Å². The summed E-state index contributed by atoms with van der Waals surface area (Å²) in [5, 5.41) is 4.37. The lowest BCUT2D eigenvalue weighted by molar-refractivity contribution is 0.415. The molecule has 9 heteroatoms. The van der Waals surface area contributed by atoms with Crippen LogP contribution >= 0.6 is 0 Å². The van der Waals surface area contributed by atoms with Gasteiger partial charge in [-0.15, -0.1) is 0 Å². The van der Waals surface area contributed by atoms with Crippen molar-refractivity contribution in [3.63, 3.8) is 0 Å². The Morgan fingerprint density at radius 2 is 1.85 bits per heavy atom. The van der Waals surface area contributed by atoms with Gasteiger partial charge in [0.15, 0.2) is 11.2 Å². The van der Waals surface area contributed by atoms with E-state index >= 15 is 0 Å². The van der Waals surface area contributed by atoms with Crippen molar-refractivity contribution < 1.29 is 4.74 Å². The number of rotatable bonds is 5. The maximum Gasteiger partial charge on any atom is 0.332 e. The highest BCUT2D eigenvalue weighted by atomic mass is 16.5. The highest BCUT2D eigenvalue weighted by Gasteiger charge is 2.18. The fourth-order valence-corrected chi connectivity index (χ4v) is 2.87. The molecule has 0 saturated heterocycles. The summed E-state index contributed by atoms with van der Waals surface area (Å²) in [4.78, 5) is 29.1. The van der Waals surface area contributed by atoms with E-state index in [1.807, 2.05) is 38.1 Å². The van der Waals surface area contributed by atoms with Crippen LogP contribution in [0.15, 0.2) is 39.0 Å². The zero-order valence-corrected chi connectivity index (χ0v) is 16.0. The van der Waals surface area contributed by atoms with Crippen molar-refractivity contribution in [2.24, 2.45) is 19.2 Å². The first-order chi connectivity index (χ1) is 12.9. The van der Waals surface area contributed by atoms with Crippen molar-refractivity contribution in [1.29, 1.82) is 0 Å². The van der Waals surface area contributed by atoms with Crippen LogP contribution in [0.3, 0.4) is 0 Å². The van der Waals surface area contributed by atoms with Crippen LogP contribution in [0.1, 0.15) is 19.4 Å².